The number of nitrogens with two attached hydrogens (primary N) is 1. The van der Waals surface area contributed by atoms with Gasteiger partial charge in [-0.15, -0.1) is 0 Å². The number of aryl methyl sites for hydroxylation is 1. The van der Waals surface area contributed by atoms with Crippen LogP contribution in [0, 0.1) is 12.8 Å². The smallest absolute Gasteiger partial charge is 0.264 e. The van der Waals surface area contributed by atoms with Crippen LogP contribution in [0.1, 0.15) is 39.9 Å². The zero-order chi connectivity index (χ0) is 22.0. The lowest BCUT2D eigenvalue weighted by Gasteiger charge is -2.29. The van der Waals surface area contributed by atoms with Gasteiger partial charge < -0.3 is 20.9 Å². The van der Waals surface area contributed by atoms with Crippen LogP contribution in [0.2, 0.25) is 0 Å². The summed E-state index contributed by atoms with van der Waals surface area (Å²) in [6.07, 6.45) is 0.766. The van der Waals surface area contributed by atoms with Gasteiger partial charge in [0.15, 0.2) is 6.17 Å². The van der Waals surface area contributed by atoms with Crippen LogP contribution in [0.25, 0.3) is 0 Å². The summed E-state index contributed by atoms with van der Waals surface area (Å²) in [4.78, 5) is 42.3. The van der Waals surface area contributed by atoms with Crippen molar-refractivity contribution in [2.24, 2.45) is 11.7 Å². The summed E-state index contributed by atoms with van der Waals surface area (Å²) in [6.45, 7) is 3.39. The van der Waals surface area contributed by atoms with Crippen molar-refractivity contribution in [3.05, 3.63) is 70.8 Å². The van der Waals surface area contributed by atoms with Crippen LogP contribution in [-0.2, 0) is 22.7 Å². The Morgan fingerprint density at radius 3 is 2.35 bits per heavy atom. The summed E-state index contributed by atoms with van der Waals surface area (Å²) < 4.78 is 0. The molecule has 4 rings (SSSR count). The lowest BCUT2D eigenvalue weighted by molar-refractivity contribution is -0.142. The number of nitrogens with one attached hydrogen (secondary N) is 1. The van der Waals surface area contributed by atoms with Crippen molar-refractivity contribution < 1.29 is 14.4 Å². The van der Waals surface area contributed by atoms with Crippen molar-refractivity contribution in [3.8, 4) is 0 Å². The lowest BCUT2D eigenvalue weighted by atomic mass is 10.1. The molecule has 162 valence electrons. The zero-order valence-electron chi connectivity index (χ0n) is 17.7. The van der Waals surface area contributed by atoms with Crippen LogP contribution in [0.4, 0.5) is 0 Å². The Morgan fingerprint density at radius 2 is 1.68 bits per heavy atom. The maximum absolute atomic E-state index is 13.2. The third-order valence-corrected chi connectivity index (χ3v) is 5.87. The summed E-state index contributed by atoms with van der Waals surface area (Å²) in [5.74, 6) is -0.642. The first-order valence-corrected chi connectivity index (χ1v) is 10.7. The van der Waals surface area contributed by atoms with Gasteiger partial charge in [0.1, 0.15) is 0 Å². The molecule has 0 spiro atoms. The molecule has 0 aromatic heterocycles. The van der Waals surface area contributed by atoms with Crippen LogP contribution < -0.4 is 11.1 Å². The van der Waals surface area contributed by atoms with Crippen molar-refractivity contribution in [2.75, 3.05) is 13.1 Å². The highest BCUT2D eigenvalue weighted by Gasteiger charge is 2.46. The summed E-state index contributed by atoms with van der Waals surface area (Å²) >= 11 is 0. The first kappa shape index (κ1) is 21.1. The molecule has 2 fully saturated rings. The van der Waals surface area contributed by atoms with E-state index < -0.39 is 6.17 Å². The highest BCUT2D eigenvalue weighted by molar-refractivity contribution is 5.99. The molecule has 1 unspecified atom stereocenters. The van der Waals surface area contributed by atoms with E-state index in [4.69, 9.17) is 5.73 Å². The molecule has 0 bridgehead atoms. The number of carbonyl (C=O) groups excluding carboxylic acids is 3. The first-order chi connectivity index (χ1) is 15.0. The second kappa shape index (κ2) is 8.89. The third-order valence-electron chi connectivity index (χ3n) is 5.87. The predicted molar refractivity (Wildman–Crippen MR) is 117 cm³/mol. The monoisotopic (exact) mass is 420 g/mol. The Bertz CT molecular complexity index is 985. The average molecular weight is 421 g/mol. The Kier molecular flexibility index (Phi) is 6.04. The van der Waals surface area contributed by atoms with E-state index in [9.17, 15) is 14.4 Å². The molecule has 1 aliphatic heterocycles. The second-order valence-electron chi connectivity index (χ2n) is 8.29. The largest absolute Gasteiger partial charge is 0.349 e. The Morgan fingerprint density at radius 1 is 1.00 bits per heavy atom. The molecule has 3 N–H and O–H groups in total. The minimum atomic E-state index is -0.931. The first-order valence-electron chi connectivity index (χ1n) is 10.7. The molecule has 1 aliphatic carbocycles. The van der Waals surface area contributed by atoms with E-state index in [0.717, 1.165) is 29.5 Å². The molecule has 1 atom stereocenters. The van der Waals surface area contributed by atoms with Gasteiger partial charge in [0, 0.05) is 37.7 Å². The van der Waals surface area contributed by atoms with Crippen molar-refractivity contribution in [1.29, 1.82) is 0 Å². The van der Waals surface area contributed by atoms with Gasteiger partial charge in [-0.3, -0.25) is 14.4 Å². The minimum Gasteiger partial charge on any atom is -0.349 e. The molecular weight excluding hydrogens is 392 g/mol. The molecule has 2 aliphatic rings. The molecule has 3 amide bonds. The molecule has 31 heavy (non-hydrogen) atoms. The third kappa shape index (κ3) is 4.61. The normalized spacial score (nSPS) is 18.2. The van der Waals surface area contributed by atoms with E-state index >= 15 is 0 Å². The van der Waals surface area contributed by atoms with E-state index in [1.807, 2.05) is 43.3 Å². The van der Waals surface area contributed by atoms with Gasteiger partial charge in [0.2, 0.25) is 5.91 Å². The number of nitrogens with zero attached hydrogens (tertiary/aromatic N) is 2. The highest BCUT2D eigenvalue weighted by atomic mass is 16.2. The summed E-state index contributed by atoms with van der Waals surface area (Å²) in [5.41, 5.74) is 9.17. The second-order valence-corrected chi connectivity index (χ2v) is 8.29. The number of rotatable bonds is 6. The van der Waals surface area contributed by atoms with Crippen molar-refractivity contribution >= 4 is 17.7 Å². The summed E-state index contributed by atoms with van der Waals surface area (Å²) in [5, 5.41) is 2.91. The molecule has 7 nitrogen and oxygen atoms in total. The van der Waals surface area contributed by atoms with Crippen LogP contribution in [-0.4, -0.2) is 46.8 Å². The lowest BCUT2D eigenvalue weighted by Crippen LogP contribution is -2.54. The van der Waals surface area contributed by atoms with Gasteiger partial charge in [-0.05, 0) is 43.0 Å². The Labute approximate surface area is 182 Å². The quantitative estimate of drug-likeness (QED) is 0.745. The fraction of sp³-hybridized carbons (Fsp3) is 0.375. The van der Waals surface area contributed by atoms with Crippen molar-refractivity contribution in [2.45, 2.75) is 39.0 Å². The van der Waals surface area contributed by atoms with E-state index in [2.05, 4.69) is 5.32 Å². The van der Waals surface area contributed by atoms with Gasteiger partial charge >= 0.3 is 0 Å². The van der Waals surface area contributed by atoms with E-state index in [0.29, 0.717) is 31.7 Å². The fourth-order valence-corrected chi connectivity index (χ4v) is 3.93. The summed E-state index contributed by atoms with van der Waals surface area (Å²) in [7, 11) is 0. The highest BCUT2D eigenvalue weighted by Crippen LogP contribution is 2.33. The Balaban J connectivity index is 1.53. The van der Waals surface area contributed by atoms with Gasteiger partial charge in [-0.1, -0.05) is 42.0 Å². The van der Waals surface area contributed by atoms with Gasteiger partial charge in [0.05, 0.1) is 0 Å². The molecule has 1 saturated carbocycles. The summed E-state index contributed by atoms with van der Waals surface area (Å²) in [6, 6.07) is 14.9. The number of carbonyl (C=O) groups is 3. The van der Waals surface area contributed by atoms with E-state index in [1.54, 1.807) is 17.0 Å². The van der Waals surface area contributed by atoms with Crippen LogP contribution in [0.5, 0.6) is 0 Å². The van der Waals surface area contributed by atoms with Gasteiger partial charge in [-0.2, -0.15) is 0 Å². The molecule has 1 saturated heterocycles. The van der Waals surface area contributed by atoms with Gasteiger partial charge in [-0.25, -0.2) is 0 Å². The maximum Gasteiger partial charge on any atom is 0.264 e. The van der Waals surface area contributed by atoms with Crippen LogP contribution >= 0.6 is 0 Å². The zero-order valence-corrected chi connectivity index (χ0v) is 17.7. The van der Waals surface area contributed by atoms with E-state index in [-0.39, 0.29) is 23.6 Å². The van der Waals surface area contributed by atoms with E-state index in [1.165, 1.54) is 4.90 Å². The standard InChI is InChI=1S/C24H28N4O3/c1-16-5-7-19(8-6-16)23(30)27-11-12-28(24(31)20-9-10-20)22(27)21(29)26-15-18-4-2-3-17(13-18)14-25/h2-8,13,20,22H,9-12,14-15,25H2,1H3,(H,26,29). The number of hydrogen-bond acceptors (Lipinski definition) is 4. The van der Waals surface area contributed by atoms with Crippen LogP contribution in [0.15, 0.2) is 48.5 Å². The molecule has 2 aromatic carbocycles. The molecule has 1 heterocycles. The SMILES string of the molecule is Cc1ccc(C(=O)N2CCN(C(=O)C3CC3)C2C(=O)NCc2cccc(CN)c2)cc1. The number of hydrogen-bond donors (Lipinski definition) is 2. The molecule has 7 heteroatoms. The molecule has 2 aromatic rings. The van der Waals surface area contributed by atoms with Gasteiger partial charge in [0.25, 0.3) is 11.8 Å². The molecule has 0 radical (unpaired) electrons. The maximum atomic E-state index is 13.2. The number of benzene rings is 2. The number of amides is 3. The molecular formula is C24H28N4O3. The average Bonchev–Trinajstić information content (AvgIpc) is 3.55. The van der Waals surface area contributed by atoms with Crippen LogP contribution in [0.3, 0.4) is 0 Å². The topological polar surface area (TPSA) is 95.7 Å². The van der Waals surface area contributed by atoms with Crippen molar-refractivity contribution in [3.63, 3.8) is 0 Å². The predicted octanol–water partition coefficient (Wildman–Crippen LogP) is 1.79. The Hall–Kier alpha value is -3.19. The van der Waals surface area contributed by atoms with Crippen molar-refractivity contribution in [1.82, 2.24) is 15.1 Å². The minimum absolute atomic E-state index is 0.0223. The fourth-order valence-electron chi connectivity index (χ4n) is 3.93.